The van der Waals surface area contributed by atoms with E-state index in [4.69, 9.17) is 0 Å². The molecule has 1 aliphatic heterocycles. The van der Waals surface area contributed by atoms with E-state index < -0.39 is 0 Å². The summed E-state index contributed by atoms with van der Waals surface area (Å²) in [5.41, 5.74) is 1.52. The molecule has 1 fully saturated rings. The van der Waals surface area contributed by atoms with Gasteiger partial charge in [0.1, 0.15) is 0 Å². The molecule has 1 heteroatoms. The van der Waals surface area contributed by atoms with Gasteiger partial charge in [-0.3, -0.25) is 0 Å². The second-order valence-corrected chi connectivity index (χ2v) is 3.49. The van der Waals surface area contributed by atoms with E-state index in [0.29, 0.717) is 0 Å². The predicted molar refractivity (Wildman–Crippen MR) is 49.7 cm³/mol. The van der Waals surface area contributed by atoms with E-state index in [2.05, 4.69) is 25.2 Å². The highest BCUT2D eigenvalue weighted by molar-refractivity contribution is 4.99. The molecule has 1 atom stereocenters. The van der Waals surface area contributed by atoms with Gasteiger partial charge in [0.2, 0.25) is 0 Å². The van der Waals surface area contributed by atoms with Crippen molar-refractivity contribution < 1.29 is 0 Å². The van der Waals surface area contributed by atoms with Crippen LogP contribution in [0.1, 0.15) is 39.5 Å². The van der Waals surface area contributed by atoms with Crippen LogP contribution in [-0.4, -0.2) is 12.6 Å². The molecule has 1 nitrogen and oxygen atoms in total. The number of allylic oxidation sites excluding steroid dienone is 1. The van der Waals surface area contributed by atoms with Gasteiger partial charge in [-0.2, -0.15) is 0 Å². The summed E-state index contributed by atoms with van der Waals surface area (Å²) in [5, 5.41) is 3.54. The molecule has 0 radical (unpaired) electrons. The highest BCUT2D eigenvalue weighted by Crippen LogP contribution is 2.14. The molecule has 1 rings (SSSR count). The maximum absolute atomic E-state index is 3.54. The Hall–Kier alpha value is -0.300. The monoisotopic (exact) mass is 153 g/mol. The summed E-state index contributed by atoms with van der Waals surface area (Å²) in [5.74, 6) is 0. The fourth-order valence-corrected chi connectivity index (χ4v) is 1.60. The van der Waals surface area contributed by atoms with Crippen molar-refractivity contribution in [1.82, 2.24) is 5.32 Å². The van der Waals surface area contributed by atoms with Crippen LogP contribution in [0.3, 0.4) is 0 Å². The van der Waals surface area contributed by atoms with Crippen molar-refractivity contribution in [2.75, 3.05) is 6.54 Å². The van der Waals surface area contributed by atoms with Crippen LogP contribution < -0.4 is 5.32 Å². The number of rotatable bonds is 2. The molecule has 11 heavy (non-hydrogen) atoms. The summed E-state index contributed by atoms with van der Waals surface area (Å²) < 4.78 is 0. The van der Waals surface area contributed by atoms with Crippen molar-refractivity contribution in [2.24, 2.45) is 0 Å². The summed E-state index contributed by atoms with van der Waals surface area (Å²) in [4.78, 5) is 0. The van der Waals surface area contributed by atoms with Gasteiger partial charge in [0.05, 0.1) is 0 Å². The molecule has 0 aliphatic carbocycles. The van der Waals surface area contributed by atoms with E-state index in [0.717, 1.165) is 6.04 Å². The molecule has 1 unspecified atom stereocenters. The molecule has 0 saturated carbocycles. The van der Waals surface area contributed by atoms with Crippen molar-refractivity contribution in [3.63, 3.8) is 0 Å². The quantitative estimate of drug-likeness (QED) is 0.601. The maximum Gasteiger partial charge on any atom is 0.0104 e. The van der Waals surface area contributed by atoms with Crippen LogP contribution in [0, 0.1) is 0 Å². The third-order valence-electron chi connectivity index (χ3n) is 2.47. The Kier molecular flexibility index (Phi) is 3.64. The molecule has 0 amide bonds. The molecule has 0 bridgehead atoms. The van der Waals surface area contributed by atoms with Crippen molar-refractivity contribution in [2.45, 2.75) is 45.6 Å². The van der Waals surface area contributed by atoms with Crippen LogP contribution >= 0.6 is 0 Å². The first-order chi connectivity index (χ1) is 5.33. The number of piperidine rings is 1. The van der Waals surface area contributed by atoms with E-state index in [9.17, 15) is 0 Å². The van der Waals surface area contributed by atoms with Gasteiger partial charge in [-0.25, -0.2) is 0 Å². The van der Waals surface area contributed by atoms with E-state index in [1.54, 1.807) is 0 Å². The van der Waals surface area contributed by atoms with Crippen molar-refractivity contribution in [3.8, 4) is 0 Å². The molecule has 0 aromatic carbocycles. The van der Waals surface area contributed by atoms with Crippen LogP contribution in [0.5, 0.6) is 0 Å². The first-order valence-corrected chi connectivity index (χ1v) is 4.68. The Balaban J connectivity index is 2.24. The van der Waals surface area contributed by atoms with Gasteiger partial charge in [-0.1, -0.05) is 18.1 Å². The molecule has 1 saturated heterocycles. The van der Waals surface area contributed by atoms with Gasteiger partial charge in [0.25, 0.3) is 0 Å². The molecule has 0 aromatic rings. The normalized spacial score (nSPS) is 27.1. The molecular weight excluding hydrogens is 134 g/mol. The van der Waals surface area contributed by atoms with Gasteiger partial charge in [0, 0.05) is 6.04 Å². The van der Waals surface area contributed by atoms with E-state index in [-0.39, 0.29) is 0 Å². The van der Waals surface area contributed by atoms with Crippen molar-refractivity contribution in [3.05, 3.63) is 11.6 Å². The van der Waals surface area contributed by atoms with E-state index in [1.807, 2.05) is 0 Å². The molecule has 1 aliphatic rings. The summed E-state index contributed by atoms with van der Waals surface area (Å²) in [6.45, 7) is 5.57. The lowest BCUT2D eigenvalue weighted by Gasteiger charge is -2.23. The fourth-order valence-electron chi connectivity index (χ4n) is 1.60. The molecule has 0 aromatic heterocycles. The molecule has 1 N–H and O–H groups in total. The lowest BCUT2D eigenvalue weighted by molar-refractivity contribution is 0.398. The van der Waals surface area contributed by atoms with Crippen LogP contribution in [0.15, 0.2) is 11.6 Å². The highest BCUT2D eigenvalue weighted by atomic mass is 14.9. The molecule has 0 spiro atoms. The first-order valence-electron chi connectivity index (χ1n) is 4.68. The third-order valence-corrected chi connectivity index (χ3v) is 2.47. The van der Waals surface area contributed by atoms with Crippen molar-refractivity contribution >= 4 is 0 Å². The van der Waals surface area contributed by atoms with Crippen LogP contribution in [0.4, 0.5) is 0 Å². The molecular formula is C10H19N. The predicted octanol–water partition coefficient (Wildman–Crippen LogP) is 2.48. The Bertz CT molecular complexity index is 132. The minimum atomic E-state index is 0.764. The van der Waals surface area contributed by atoms with Crippen molar-refractivity contribution in [1.29, 1.82) is 0 Å². The zero-order valence-corrected chi connectivity index (χ0v) is 7.69. The first kappa shape index (κ1) is 8.79. The van der Waals surface area contributed by atoms with Gasteiger partial charge < -0.3 is 5.32 Å². The fraction of sp³-hybridized carbons (Fsp3) is 0.800. The topological polar surface area (TPSA) is 12.0 Å². The third kappa shape index (κ3) is 3.06. The smallest absolute Gasteiger partial charge is 0.0104 e. The van der Waals surface area contributed by atoms with E-state index >= 15 is 0 Å². The largest absolute Gasteiger partial charge is 0.314 e. The number of hydrogen-bond acceptors (Lipinski definition) is 1. The Morgan fingerprint density at radius 1 is 1.55 bits per heavy atom. The minimum Gasteiger partial charge on any atom is -0.314 e. The van der Waals surface area contributed by atoms with Crippen LogP contribution in [0.2, 0.25) is 0 Å². The lowest BCUT2D eigenvalue weighted by Crippen LogP contribution is -2.33. The second-order valence-electron chi connectivity index (χ2n) is 3.49. The standard InChI is InChI=1S/C10H19N/c1-3-9(2)8-10-6-4-5-7-11-10/h3,10-11H,4-8H2,1-2H3/b9-3-. The van der Waals surface area contributed by atoms with Crippen LogP contribution in [0.25, 0.3) is 0 Å². The second kappa shape index (κ2) is 4.55. The summed E-state index contributed by atoms with van der Waals surface area (Å²) in [6.07, 6.45) is 7.61. The molecule has 64 valence electrons. The van der Waals surface area contributed by atoms with Gasteiger partial charge >= 0.3 is 0 Å². The summed E-state index contributed by atoms with van der Waals surface area (Å²) >= 11 is 0. The summed E-state index contributed by atoms with van der Waals surface area (Å²) in [7, 11) is 0. The number of hydrogen-bond donors (Lipinski definition) is 1. The highest BCUT2D eigenvalue weighted by Gasteiger charge is 2.11. The zero-order chi connectivity index (χ0) is 8.10. The SMILES string of the molecule is C/C=C(/C)CC1CCCCN1. The lowest BCUT2D eigenvalue weighted by atomic mass is 9.98. The van der Waals surface area contributed by atoms with Gasteiger partial charge in [-0.15, -0.1) is 0 Å². The van der Waals surface area contributed by atoms with Gasteiger partial charge in [-0.05, 0) is 39.7 Å². The summed E-state index contributed by atoms with van der Waals surface area (Å²) in [6, 6.07) is 0.764. The Labute approximate surface area is 69.9 Å². The number of nitrogens with one attached hydrogen (secondary N) is 1. The Morgan fingerprint density at radius 3 is 2.91 bits per heavy atom. The minimum absolute atomic E-state index is 0.764. The van der Waals surface area contributed by atoms with E-state index in [1.165, 1.54) is 37.8 Å². The average Bonchev–Trinajstić information content (AvgIpc) is 2.06. The maximum atomic E-state index is 3.54. The Morgan fingerprint density at radius 2 is 2.36 bits per heavy atom. The zero-order valence-electron chi connectivity index (χ0n) is 7.69. The average molecular weight is 153 g/mol. The van der Waals surface area contributed by atoms with Crippen LogP contribution in [-0.2, 0) is 0 Å². The molecule has 1 heterocycles. The van der Waals surface area contributed by atoms with Gasteiger partial charge in [0.15, 0.2) is 0 Å².